The summed E-state index contributed by atoms with van der Waals surface area (Å²) in [5.41, 5.74) is 6.64. The lowest BCUT2D eigenvalue weighted by Gasteiger charge is -2.35. The zero-order chi connectivity index (χ0) is 26.1. The number of primary amides is 1. The number of carbonyl (C=O) groups excluding carboxylic acids is 1. The molecule has 3 aromatic carbocycles. The Labute approximate surface area is 218 Å². The molecule has 2 heterocycles. The molecule has 4 N–H and O–H groups in total. The summed E-state index contributed by atoms with van der Waals surface area (Å²) >= 11 is 6.55. The van der Waals surface area contributed by atoms with Crippen LogP contribution in [0.2, 0.25) is 5.02 Å². The minimum Gasteiger partial charge on any atom is -0.480 e. The van der Waals surface area contributed by atoms with Crippen molar-refractivity contribution in [1.29, 1.82) is 0 Å². The van der Waals surface area contributed by atoms with E-state index >= 15 is 8.78 Å². The summed E-state index contributed by atoms with van der Waals surface area (Å²) in [5, 5.41) is 13.9. The Morgan fingerprint density at radius 2 is 1.97 bits per heavy atom. The smallest absolute Gasteiger partial charge is 0.249 e. The predicted octanol–water partition coefficient (Wildman–Crippen LogP) is 5.19. The highest BCUT2D eigenvalue weighted by atomic mass is 35.5. The zero-order valence-corrected chi connectivity index (χ0v) is 21.0. The van der Waals surface area contributed by atoms with E-state index in [2.05, 4.69) is 5.32 Å². The van der Waals surface area contributed by atoms with E-state index in [-0.39, 0.29) is 51.4 Å². The summed E-state index contributed by atoms with van der Waals surface area (Å²) < 4.78 is 38.2. The molecule has 1 saturated heterocycles. The van der Waals surface area contributed by atoms with Crippen LogP contribution in [0.1, 0.15) is 58.5 Å². The number of hydrogen-bond donors (Lipinski definition) is 3. The minimum atomic E-state index is -1.06. The molecule has 1 amide bonds. The highest BCUT2D eigenvalue weighted by Gasteiger charge is 2.50. The second-order valence-corrected chi connectivity index (χ2v) is 10.8. The molecular weight excluding hydrogens is 498 g/mol. The molecular formula is C29H27ClF2N2O3. The number of rotatable bonds is 4. The Balaban J connectivity index is 1.61. The molecule has 0 radical (unpaired) electrons. The fourth-order valence-corrected chi connectivity index (χ4v) is 6.67. The van der Waals surface area contributed by atoms with Crippen molar-refractivity contribution in [1.82, 2.24) is 5.32 Å². The van der Waals surface area contributed by atoms with Crippen molar-refractivity contribution in [2.24, 2.45) is 11.7 Å². The van der Waals surface area contributed by atoms with Gasteiger partial charge >= 0.3 is 0 Å². The molecule has 37 heavy (non-hydrogen) atoms. The maximum atomic E-state index is 16.3. The first kappa shape index (κ1) is 24.3. The molecule has 0 spiro atoms. The number of nitrogens with one attached hydrogen (secondary N) is 1. The van der Waals surface area contributed by atoms with Crippen LogP contribution in [-0.4, -0.2) is 23.6 Å². The third kappa shape index (κ3) is 3.59. The van der Waals surface area contributed by atoms with Gasteiger partial charge in [-0.05, 0) is 48.9 Å². The highest BCUT2D eigenvalue weighted by Crippen LogP contribution is 2.53. The average Bonchev–Trinajstić information content (AvgIpc) is 3.60. The summed E-state index contributed by atoms with van der Waals surface area (Å²) in [7, 11) is 0. The van der Waals surface area contributed by atoms with E-state index in [0.29, 0.717) is 17.5 Å². The molecule has 5 nitrogen and oxygen atoms in total. The standard InChI is InChI=1S/C29H27ClF2N2O3/c1-14-10-15-11-17(28(33)36)24(26(32)22(15)27(14)35)23-18-13-29(21-8-5-9-34-21,16-6-3-2-4-7-16)37-20(18)12-19(31)25(23)30/h2-4,6-7,11-12,14,21,27,34-35H,5,8-10,13H2,1H3,(H2,33,36)/t14-,21-,27-,29-/m0/s1. The van der Waals surface area contributed by atoms with Gasteiger partial charge in [-0.15, -0.1) is 0 Å². The highest BCUT2D eigenvalue weighted by molar-refractivity contribution is 6.34. The van der Waals surface area contributed by atoms with E-state index in [9.17, 15) is 9.90 Å². The maximum Gasteiger partial charge on any atom is 0.249 e. The summed E-state index contributed by atoms with van der Waals surface area (Å²) in [6, 6.07) is 12.3. The van der Waals surface area contributed by atoms with E-state index < -0.39 is 29.2 Å². The van der Waals surface area contributed by atoms with Crippen molar-refractivity contribution < 1.29 is 23.4 Å². The Morgan fingerprint density at radius 1 is 1.22 bits per heavy atom. The third-order valence-corrected chi connectivity index (χ3v) is 8.55. The van der Waals surface area contributed by atoms with Crippen LogP contribution in [0, 0.1) is 17.6 Å². The Kier molecular flexibility index (Phi) is 5.78. The number of fused-ring (bicyclic) bond motifs is 2. The lowest BCUT2D eigenvalue weighted by Crippen LogP contribution is -2.48. The maximum absolute atomic E-state index is 16.3. The van der Waals surface area contributed by atoms with Crippen LogP contribution in [0.4, 0.5) is 8.78 Å². The molecule has 1 aliphatic carbocycles. The monoisotopic (exact) mass is 524 g/mol. The normalized spacial score (nSPS) is 26.1. The molecule has 3 aromatic rings. The van der Waals surface area contributed by atoms with Gasteiger partial charge in [0.25, 0.3) is 0 Å². The van der Waals surface area contributed by atoms with E-state index in [1.165, 1.54) is 12.1 Å². The van der Waals surface area contributed by atoms with Crippen molar-refractivity contribution in [3.05, 3.63) is 86.9 Å². The molecule has 1 fully saturated rings. The zero-order valence-electron chi connectivity index (χ0n) is 20.3. The number of halogens is 3. The molecule has 0 unspecified atom stereocenters. The van der Waals surface area contributed by atoms with Gasteiger partial charge in [0.15, 0.2) is 5.60 Å². The SMILES string of the molecule is C[C@H]1Cc2cc(C(N)=O)c(-c3c(Cl)c(F)cc4c3C[C@](c3ccccc3)([C@@H]3CCCN3)O4)c(F)c2[C@H]1O. The average molecular weight is 525 g/mol. The molecule has 0 aromatic heterocycles. The van der Waals surface area contributed by atoms with Gasteiger partial charge in [0.05, 0.1) is 22.7 Å². The Hall–Kier alpha value is -3.00. The summed E-state index contributed by atoms with van der Waals surface area (Å²) in [5.74, 6) is -2.43. The molecule has 0 bridgehead atoms. The van der Waals surface area contributed by atoms with Gasteiger partial charge in [0.2, 0.25) is 5.91 Å². The molecule has 4 atom stereocenters. The number of nitrogens with two attached hydrogens (primary N) is 1. The third-order valence-electron chi connectivity index (χ3n) is 8.19. The van der Waals surface area contributed by atoms with Gasteiger partial charge in [0.1, 0.15) is 17.4 Å². The number of aliphatic hydroxyl groups is 1. The van der Waals surface area contributed by atoms with E-state index in [1.807, 2.05) is 30.3 Å². The summed E-state index contributed by atoms with van der Waals surface area (Å²) in [4.78, 5) is 12.6. The summed E-state index contributed by atoms with van der Waals surface area (Å²) in [6.45, 7) is 2.62. The summed E-state index contributed by atoms with van der Waals surface area (Å²) in [6.07, 6.45) is 1.43. The molecule has 8 heteroatoms. The molecule has 192 valence electrons. The first-order valence-electron chi connectivity index (χ1n) is 12.5. The largest absolute Gasteiger partial charge is 0.480 e. The predicted molar refractivity (Wildman–Crippen MR) is 137 cm³/mol. The Bertz CT molecular complexity index is 1420. The van der Waals surface area contributed by atoms with Gasteiger partial charge in [-0.1, -0.05) is 48.9 Å². The van der Waals surface area contributed by atoms with E-state index in [0.717, 1.165) is 24.9 Å². The Morgan fingerprint density at radius 3 is 2.65 bits per heavy atom. The quantitative estimate of drug-likeness (QED) is 0.438. The van der Waals surface area contributed by atoms with Gasteiger partial charge in [-0.2, -0.15) is 0 Å². The van der Waals surface area contributed by atoms with Crippen LogP contribution >= 0.6 is 11.6 Å². The number of ether oxygens (including phenoxy) is 1. The van der Waals surface area contributed by atoms with Crippen LogP contribution in [0.25, 0.3) is 11.1 Å². The molecule has 2 aliphatic heterocycles. The fraction of sp³-hybridized carbons (Fsp3) is 0.345. The van der Waals surface area contributed by atoms with Crippen LogP contribution in [0.5, 0.6) is 5.75 Å². The number of benzene rings is 3. The van der Waals surface area contributed by atoms with Crippen molar-refractivity contribution in [3.63, 3.8) is 0 Å². The van der Waals surface area contributed by atoms with Crippen molar-refractivity contribution in [2.45, 2.75) is 50.4 Å². The molecule has 6 rings (SSSR count). The van der Waals surface area contributed by atoms with E-state index in [4.69, 9.17) is 22.1 Å². The van der Waals surface area contributed by atoms with Gasteiger partial charge < -0.3 is 20.9 Å². The van der Waals surface area contributed by atoms with Crippen LogP contribution in [-0.2, 0) is 18.4 Å². The second kappa shape index (κ2) is 8.79. The van der Waals surface area contributed by atoms with Gasteiger partial charge in [-0.25, -0.2) is 8.78 Å². The number of carbonyl (C=O) groups is 1. The van der Waals surface area contributed by atoms with Crippen molar-refractivity contribution in [3.8, 4) is 16.9 Å². The topological polar surface area (TPSA) is 84.6 Å². The van der Waals surface area contributed by atoms with Crippen LogP contribution < -0.4 is 15.8 Å². The van der Waals surface area contributed by atoms with Gasteiger partial charge in [0, 0.05) is 34.7 Å². The molecule has 0 saturated carbocycles. The van der Waals surface area contributed by atoms with Crippen LogP contribution in [0.3, 0.4) is 0 Å². The lowest BCUT2D eigenvalue weighted by atomic mass is 9.80. The van der Waals surface area contributed by atoms with Crippen molar-refractivity contribution >= 4 is 17.5 Å². The van der Waals surface area contributed by atoms with E-state index in [1.54, 1.807) is 6.92 Å². The number of hydrogen-bond acceptors (Lipinski definition) is 4. The minimum absolute atomic E-state index is 0.0494. The first-order valence-corrected chi connectivity index (χ1v) is 12.9. The molecule has 3 aliphatic rings. The first-order chi connectivity index (χ1) is 17.7. The second-order valence-electron chi connectivity index (χ2n) is 10.4. The number of aliphatic hydroxyl groups excluding tert-OH is 1. The lowest BCUT2D eigenvalue weighted by molar-refractivity contribution is 0.0539. The van der Waals surface area contributed by atoms with Gasteiger partial charge in [-0.3, -0.25) is 4.79 Å². The number of amides is 1. The van der Waals surface area contributed by atoms with Crippen molar-refractivity contribution in [2.75, 3.05) is 6.54 Å². The fourth-order valence-electron chi connectivity index (χ4n) is 6.41. The van der Waals surface area contributed by atoms with Crippen LogP contribution in [0.15, 0.2) is 42.5 Å².